The summed E-state index contributed by atoms with van der Waals surface area (Å²) in [7, 11) is 0. The van der Waals surface area contributed by atoms with Crippen molar-refractivity contribution in [1.82, 2.24) is 4.90 Å². The maximum absolute atomic E-state index is 11.8. The van der Waals surface area contributed by atoms with Gasteiger partial charge in [-0.15, -0.1) is 0 Å². The fraction of sp³-hybridized carbons (Fsp3) is 0.909. The highest BCUT2D eigenvalue weighted by molar-refractivity contribution is 5.68. The number of aliphatic hydroxyl groups excluding tert-OH is 1. The third-order valence-electron chi connectivity index (χ3n) is 2.75. The van der Waals surface area contributed by atoms with Crippen LogP contribution >= 0.6 is 0 Å². The van der Waals surface area contributed by atoms with Crippen molar-refractivity contribution >= 4 is 6.09 Å². The van der Waals surface area contributed by atoms with E-state index in [4.69, 9.17) is 10.3 Å². The topological polar surface area (TPSA) is 98.5 Å². The summed E-state index contributed by atoms with van der Waals surface area (Å²) in [4.78, 5) is 16.0. The number of ether oxygens (including phenoxy) is 1. The van der Waals surface area contributed by atoms with Crippen LogP contribution in [0.2, 0.25) is 0 Å². The summed E-state index contributed by atoms with van der Waals surface area (Å²) in [6.45, 7) is 6.40. The van der Waals surface area contributed by atoms with Gasteiger partial charge in [-0.25, -0.2) is 4.79 Å². The molecule has 0 aromatic rings. The van der Waals surface area contributed by atoms with Gasteiger partial charge in [-0.05, 0) is 38.6 Å². The van der Waals surface area contributed by atoms with Crippen LogP contribution in [-0.4, -0.2) is 47.4 Å². The lowest BCUT2D eigenvalue weighted by Gasteiger charge is -2.36. The molecule has 1 aliphatic rings. The molecule has 102 valence electrons. The molecule has 0 spiro atoms. The second kappa shape index (κ2) is 5.93. The molecule has 1 amide bonds. The molecular formula is C11H20N4O3. The van der Waals surface area contributed by atoms with Crippen LogP contribution in [-0.2, 0) is 4.74 Å². The lowest BCUT2D eigenvalue weighted by molar-refractivity contribution is -0.0110. The molecule has 0 unspecified atom stereocenters. The maximum Gasteiger partial charge on any atom is 0.410 e. The molecule has 1 fully saturated rings. The van der Waals surface area contributed by atoms with Gasteiger partial charge >= 0.3 is 6.09 Å². The maximum atomic E-state index is 11.8. The number of carbonyl (C=O) groups is 1. The van der Waals surface area contributed by atoms with Crippen molar-refractivity contribution in [3.63, 3.8) is 0 Å². The first kappa shape index (κ1) is 14.6. The first-order valence-corrected chi connectivity index (χ1v) is 6.00. The number of carbonyl (C=O) groups excluding carboxylic acids is 1. The fourth-order valence-corrected chi connectivity index (χ4v) is 1.83. The largest absolute Gasteiger partial charge is 0.444 e. The molecular weight excluding hydrogens is 236 g/mol. The number of azide groups is 1. The number of β-amino-alcohol motifs (C(OH)–C–C–N with tert-alkyl or cyclic N) is 1. The third-order valence-corrected chi connectivity index (χ3v) is 2.75. The Kier molecular flexibility index (Phi) is 4.81. The van der Waals surface area contributed by atoms with Gasteiger partial charge in [0.1, 0.15) is 5.60 Å². The number of hydrogen-bond donors (Lipinski definition) is 1. The molecule has 7 nitrogen and oxygen atoms in total. The number of nitrogens with zero attached hydrogens (tertiary/aromatic N) is 4. The minimum absolute atomic E-state index is 0.0837. The Bertz CT molecular complexity index is 347. The van der Waals surface area contributed by atoms with E-state index in [1.54, 1.807) is 20.8 Å². The van der Waals surface area contributed by atoms with Crippen LogP contribution in [0.1, 0.15) is 27.2 Å². The SMILES string of the molecule is CC(C)(C)OC(=O)N1CC[C@H](CN=[N+]=[N-])[C@H](O)C1. The van der Waals surface area contributed by atoms with Crippen LogP contribution in [0.15, 0.2) is 5.11 Å². The van der Waals surface area contributed by atoms with Gasteiger partial charge in [-0.3, -0.25) is 0 Å². The van der Waals surface area contributed by atoms with E-state index in [2.05, 4.69) is 10.0 Å². The first-order valence-electron chi connectivity index (χ1n) is 6.00. The van der Waals surface area contributed by atoms with E-state index in [-0.39, 0.29) is 19.0 Å². The Morgan fingerprint density at radius 1 is 1.61 bits per heavy atom. The number of hydrogen-bond acceptors (Lipinski definition) is 4. The average Bonchev–Trinajstić information content (AvgIpc) is 2.25. The monoisotopic (exact) mass is 256 g/mol. The number of rotatable bonds is 2. The summed E-state index contributed by atoms with van der Waals surface area (Å²) in [5, 5.41) is 13.3. The predicted molar refractivity (Wildman–Crippen MR) is 65.9 cm³/mol. The van der Waals surface area contributed by atoms with Crippen LogP contribution in [0.4, 0.5) is 4.79 Å². The molecule has 0 saturated carbocycles. The number of piperidine rings is 1. The zero-order valence-corrected chi connectivity index (χ0v) is 11.0. The van der Waals surface area contributed by atoms with E-state index in [9.17, 15) is 9.90 Å². The van der Waals surface area contributed by atoms with Gasteiger partial charge in [0, 0.05) is 18.0 Å². The molecule has 0 aliphatic carbocycles. The standard InChI is InChI=1S/C11H20N4O3/c1-11(2,3)18-10(17)15-5-4-8(6-13-14-12)9(16)7-15/h8-9,16H,4-7H2,1-3H3/t8-,9-/m1/s1. The van der Waals surface area contributed by atoms with E-state index in [1.807, 2.05) is 0 Å². The highest BCUT2D eigenvalue weighted by atomic mass is 16.6. The lowest BCUT2D eigenvalue weighted by atomic mass is 9.94. The minimum atomic E-state index is -0.670. The van der Waals surface area contributed by atoms with Crippen LogP contribution in [0.5, 0.6) is 0 Å². The molecule has 1 heterocycles. The number of aliphatic hydroxyl groups is 1. The Labute approximate surface area is 106 Å². The highest BCUT2D eigenvalue weighted by Crippen LogP contribution is 2.20. The highest BCUT2D eigenvalue weighted by Gasteiger charge is 2.31. The van der Waals surface area contributed by atoms with Crippen molar-refractivity contribution in [3.8, 4) is 0 Å². The molecule has 1 rings (SSSR count). The van der Waals surface area contributed by atoms with Gasteiger partial charge in [0.2, 0.25) is 0 Å². The molecule has 2 atom stereocenters. The molecule has 18 heavy (non-hydrogen) atoms. The van der Waals surface area contributed by atoms with Crippen LogP contribution in [0.25, 0.3) is 10.4 Å². The van der Waals surface area contributed by atoms with Crippen molar-refractivity contribution in [3.05, 3.63) is 10.4 Å². The van der Waals surface area contributed by atoms with Gasteiger partial charge in [0.05, 0.1) is 12.6 Å². The number of likely N-dealkylation sites (tertiary alicyclic amines) is 1. The van der Waals surface area contributed by atoms with Gasteiger partial charge in [0.15, 0.2) is 0 Å². The van der Waals surface area contributed by atoms with Gasteiger partial charge in [-0.2, -0.15) is 0 Å². The zero-order chi connectivity index (χ0) is 13.8. The quantitative estimate of drug-likeness (QED) is 0.464. The minimum Gasteiger partial charge on any atom is -0.444 e. The molecule has 0 bridgehead atoms. The summed E-state index contributed by atoms with van der Waals surface area (Å²) in [5.41, 5.74) is 7.71. The fourth-order valence-electron chi connectivity index (χ4n) is 1.83. The average molecular weight is 256 g/mol. The molecule has 0 aromatic heterocycles. The summed E-state index contributed by atoms with van der Waals surface area (Å²) in [6.07, 6.45) is -0.472. The molecule has 7 heteroatoms. The Balaban J connectivity index is 2.50. The Hall–Kier alpha value is -1.46. The van der Waals surface area contributed by atoms with Crippen molar-refractivity contribution in [2.45, 2.75) is 38.9 Å². The van der Waals surface area contributed by atoms with Crippen molar-refractivity contribution < 1.29 is 14.6 Å². The van der Waals surface area contributed by atoms with Crippen LogP contribution < -0.4 is 0 Å². The summed E-state index contributed by atoms with van der Waals surface area (Å²) >= 11 is 0. The second-order valence-electron chi connectivity index (χ2n) is 5.46. The van der Waals surface area contributed by atoms with Crippen LogP contribution in [0, 0.1) is 5.92 Å². The van der Waals surface area contributed by atoms with Crippen molar-refractivity contribution in [2.24, 2.45) is 11.0 Å². The Morgan fingerprint density at radius 3 is 2.78 bits per heavy atom. The van der Waals surface area contributed by atoms with Crippen molar-refractivity contribution in [1.29, 1.82) is 0 Å². The van der Waals surface area contributed by atoms with E-state index in [0.717, 1.165) is 0 Å². The predicted octanol–water partition coefficient (Wildman–Crippen LogP) is 1.91. The Morgan fingerprint density at radius 2 is 2.28 bits per heavy atom. The lowest BCUT2D eigenvalue weighted by Crippen LogP contribution is -2.48. The van der Waals surface area contributed by atoms with Crippen LogP contribution in [0.3, 0.4) is 0 Å². The molecule has 0 radical (unpaired) electrons. The molecule has 0 aromatic carbocycles. The third kappa shape index (κ3) is 4.43. The van der Waals surface area contributed by atoms with Gasteiger partial charge < -0.3 is 14.7 Å². The van der Waals surface area contributed by atoms with E-state index in [0.29, 0.717) is 13.0 Å². The summed E-state index contributed by atoms with van der Waals surface area (Å²) < 4.78 is 5.24. The molecule has 1 N–H and O–H groups in total. The molecule has 1 aliphatic heterocycles. The van der Waals surface area contributed by atoms with E-state index >= 15 is 0 Å². The first-order chi connectivity index (χ1) is 8.33. The summed E-state index contributed by atoms with van der Waals surface area (Å²) in [5.74, 6) is -0.0837. The van der Waals surface area contributed by atoms with E-state index < -0.39 is 17.8 Å². The van der Waals surface area contributed by atoms with Gasteiger partial charge in [0.25, 0.3) is 0 Å². The normalized spacial score (nSPS) is 24.3. The smallest absolute Gasteiger partial charge is 0.410 e. The second-order valence-corrected chi connectivity index (χ2v) is 5.46. The van der Waals surface area contributed by atoms with E-state index in [1.165, 1.54) is 4.90 Å². The summed E-state index contributed by atoms with van der Waals surface area (Å²) in [6, 6.07) is 0. The van der Waals surface area contributed by atoms with Crippen molar-refractivity contribution in [2.75, 3.05) is 19.6 Å². The number of amides is 1. The van der Waals surface area contributed by atoms with Gasteiger partial charge in [-0.1, -0.05) is 5.11 Å². The zero-order valence-electron chi connectivity index (χ0n) is 11.0. The molecule has 1 saturated heterocycles.